The second kappa shape index (κ2) is 8.73. The number of halogens is 1. The first-order chi connectivity index (χ1) is 14.9. The molecule has 0 unspecified atom stereocenters. The third kappa shape index (κ3) is 4.83. The van der Waals surface area contributed by atoms with Crippen molar-refractivity contribution in [1.82, 2.24) is 9.88 Å². The molecule has 1 aliphatic rings. The second-order valence-corrected chi connectivity index (χ2v) is 8.79. The molecule has 7 nitrogen and oxygen atoms in total. The zero-order valence-electron chi connectivity index (χ0n) is 16.6. The van der Waals surface area contributed by atoms with Gasteiger partial charge in [-0.05, 0) is 48.5 Å². The van der Waals surface area contributed by atoms with E-state index >= 15 is 0 Å². The Kier molecular flexibility index (Phi) is 5.85. The number of nitrogens with one attached hydrogen (secondary N) is 1. The van der Waals surface area contributed by atoms with Gasteiger partial charge < -0.3 is 9.80 Å². The van der Waals surface area contributed by atoms with E-state index in [1.54, 1.807) is 4.90 Å². The number of hydrogen-bond acceptors (Lipinski definition) is 5. The Morgan fingerprint density at radius 3 is 2.29 bits per heavy atom. The first-order valence-electron chi connectivity index (χ1n) is 9.76. The summed E-state index contributed by atoms with van der Waals surface area (Å²) in [6.45, 7) is 2.49. The molecule has 3 aromatic rings. The summed E-state index contributed by atoms with van der Waals surface area (Å²) in [7, 11) is -3.91. The standard InChI is InChI=1S/C22H21FN4O3S/c23-17-6-8-20(9-7-17)31(29,30)25-18-10-11-24-21(16-18)22(28)27-14-12-26(13-15-27)19-4-2-1-3-5-19/h1-11,16H,12-15H2,(H,24,25). The monoisotopic (exact) mass is 440 g/mol. The Bertz CT molecular complexity index is 1160. The topological polar surface area (TPSA) is 82.6 Å². The number of benzene rings is 2. The first-order valence-corrected chi connectivity index (χ1v) is 11.2. The Morgan fingerprint density at radius 2 is 1.61 bits per heavy atom. The Morgan fingerprint density at radius 1 is 0.935 bits per heavy atom. The SMILES string of the molecule is O=C(c1cc(NS(=O)(=O)c2ccc(F)cc2)ccn1)N1CCN(c2ccccc2)CC1. The van der Waals surface area contributed by atoms with Crippen LogP contribution in [-0.2, 0) is 10.0 Å². The molecular weight excluding hydrogens is 419 g/mol. The van der Waals surface area contributed by atoms with Crippen LogP contribution in [-0.4, -0.2) is 50.4 Å². The highest BCUT2D eigenvalue weighted by molar-refractivity contribution is 7.92. The van der Waals surface area contributed by atoms with Crippen LogP contribution in [0.4, 0.5) is 15.8 Å². The summed E-state index contributed by atoms with van der Waals surface area (Å²) in [6, 6.07) is 17.4. The van der Waals surface area contributed by atoms with Gasteiger partial charge in [0.1, 0.15) is 11.5 Å². The van der Waals surface area contributed by atoms with Gasteiger partial charge in [-0.25, -0.2) is 12.8 Å². The normalized spacial score (nSPS) is 14.4. The van der Waals surface area contributed by atoms with Crippen LogP contribution in [0.3, 0.4) is 0 Å². The Labute approximate surface area is 180 Å². The van der Waals surface area contributed by atoms with Gasteiger partial charge in [0.2, 0.25) is 0 Å². The minimum atomic E-state index is -3.91. The number of para-hydroxylation sites is 1. The number of carbonyl (C=O) groups excluding carboxylic acids is 1. The summed E-state index contributed by atoms with van der Waals surface area (Å²) < 4.78 is 40.5. The summed E-state index contributed by atoms with van der Waals surface area (Å²) in [6.07, 6.45) is 1.38. The minimum absolute atomic E-state index is 0.0735. The summed E-state index contributed by atoms with van der Waals surface area (Å²) >= 11 is 0. The van der Waals surface area contributed by atoms with Crippen LogP contribution in [0.25, 0.3) is 0 Å². The fourth-order valence-corrected chi connectivity index (χ4v) is 4.46. The van der Waals surface area contributed by atoms with Crippen LogP contribution < -0.4 is 9.62 Å². The maximum atomic E-state index is 13.1. The fourth-order valence-electron chi connectivity index (χ4n) is 3.41. The molecule has 0 bridgehead atoms. The van der Waals surface area contributed by atoms with E-state index in [1.807, 2.05) is 30.3 Å². The number of pyridine rings is 1. The van der Waals surface area contributed by atoms with Gasteiger partial charge in [0.05, 0.1) is 10.6 Å². The van der Waals surface area contributed by atoms with E-state index in [1.165, 1.54) is 30.5 Å². The van der Waals surface area contributed by atoms with E-state index in [0.717, 1.165) is 17.8 Å². The smallest absolute Gasteiger partial charge is 0.272 e. The van der Waals surface area contributed by atoms with Gasteiger partial charge in [-0.1, -0.05) is 18.2 Å². The van der Waals surface area contributed by atoms with Gasteiger partial charge in [-0.15, -0.1) is 0 Å². The van der Waals surface area contributed by atoms with E-state index < -0.39 is 15.8 Å². The van der Waals surface area contributed by atoms with Gasteiger partial charge >= 0.3 is 0 Å². The van der Waals surface area contributed by atoms with E-state index in [2.05, 4.69) is 14.6 Å². The molecule has 0 aliphatic carbocycles. The summed E-state index contributed by atoms with van der Waals surface area (Å²) in [4.78, 5) is 20.9. The van der Waals surface area contributed by atoms with Crippen molar-refractivity contribution in [2.24, 2.45) is 0 Å². The lowest BCUT2D eigenvalue weighted by atomic mass is 10.2. The van der Waals surface area contributed by atoms with Crippen molar-refractivity contribution in [2.45, 2.75) is 4.90 Å². The first kappa shape index (κ1) is 20.8. The van der Waals surface area contributed by atoms with Crippen molar-refractivity contribution < 1.29 is 17.6 Å². The van der Waals surface area contributed by atoms with Gasteiger partial charge in [0.15, 0.2) is 0 Å². The van der Waals surface area contributed by atoms with Crippen molar-refractivity contribution >= 4 is 27.3 Å². The zero-order chi connectivity index (χ0) is 21.8. The number of rotatable bonds is 5. The molecule has 2 aromatic carbocycles. The van der Waals surface area contributed by atoms with E-state index in [4.69, 9.17) is 0 Å². The predicted molar refractivity (Wildman–Crippen MR) is 116 cm³/mol. The summed E-state index contributed by atoms with van der Waals surface area (Å²) in [5.74, 6) is -0.779. The lowest BCUT2D eigenvalue weighted by Gasteiger charge is -2.36. The van der Waals surface area contributed by atoms with Crippen LogP contribution >= 0.6 is 0 Å². The predicted octanol–water partition coefficient (Wildman–Crippen LogP) is 2.98. The van der Waals surface area contributed by atoms with Gasteiger partial charge in [0, 0.05) is 38.1 Å². The Hall–Kier alpha value is -3.46. The van der Waals surface area contributed by atoms with Crippen LogP contribution in [0.2, 0.25) is 0 Å². The number of carbonyl (C=O) groups is 1. The molecule has 9 heteroatoms. The van der Waals surface area contributed by atoms with Crippen LogP contribution in [0.1, 0.15) is 10.5 Å². The van der Waals surface area contributed by atoms with E-state index in [0.29, 0.717) is 26.2 Å². The highest BCUT2D eigenvalue weighted by Gasteiger charge is 2.24. The average molecular weight is 441 g/mol. The molecule has 0 spiro atoms. The third-order valence-electron chi connectivity index (χ3n) is 5.04. The molecule has 31 heavy (non-hydrogen) atoms. The van der Waals surface area contributed by atoms with Crippen molar-refractivity contribution in [1.29, 1.82) is 0 Å². The largest absolute Gasteiger partial charge is 0.368 e. The van der Waals surface area contributed by atoms with Gasteiger partial charge in [-0.2, -0.15) is 0 Å². The number of piperazine rings is 1. The number of nitrogens with zero attached hydrogens (tertiary/aromatic N) is 3. The number of amides is 1. The van der Waals surface area contributed by atoms with Crippen LogP contribution in [0, 0.1) is 5.82 Å². The Balaban J connectivity index is 1.43. The fraction of sp³-hybridized carbons (Fsp3) is 0.182. The lowest BCUT2D eigenvalue weighted by Crippen LogP contribution is -2.49. The van der Waals surface area contributed by atoms with E-state index in [9.17, 15) is 17.6 Å². The molecular formula is C22H21FN4O3S. The highest BCUT2D eigenvalue weighted by atomic mass is 32.2. The molecule has 4 rings (SSSR count). The number of hydrogen-bond donors (Lipinski definition) is 1. The zero-order valence-corrected chi connectivity index (χ0v) is 17.4. The maximum Gasteiger partial charge on any atom is 0.272 e. The number of anilines is 2. The second-order valence-electron chi connectivity index (χ2n) is 7.10. The highest BCUT2D eigenvalue weighted by Crippen LogP contribution is 2.19. The molecule has 0 atom stereocenters. The van der Waals surface area contributed by atoms with Crippen molar-refractivity contribution in [3.05, 3.63) is 84.4 Å². The molecule has 1 fully saturated rings. The quantitative estimate of drug-likeness (QED) is 0.660. The molecule has 0 saturated carbocycles. The third-order valence-corrected chi connectivity index (χ3v) is 6.44. The van der Waals surface area contributed by atoms with Crippen molar-refractivity contribution in [3.63, 3.8) is 0 Å². The maximum absolute atomic E-state index is 13.1. The lowest BCUT2D eigenvalue weighted by molar-refractivity contribution is 0.0741. The molecule has 1 N–H and O–H groups in total. The van der Waals surface area contributed by atoms with Crippen molar-refractivity contribution in [2.75, 3.05) is 35.8 Å². The van der Waals surface area contributed by atoms with Crippen molar-refractivity contribution in [3.8, 4) is 0 Å². The van der Waals surface area contributed by atoms with Crippen LogP contribution in [0.15, 0.2) is 77.8 Å². The molecule has 2 heterocycles. The molecule has 0 radical (unpaired) electrons. The summed E-state index contributed by atoms with van der Waals surface area (Å²) in [5.41, 5.74) is 1.49. The molecule has 1 amide bonds. The molecule has 1 saturated heterocycles. The molecule has 1 aliphatic heterocycles. The summed E-state index contributed by atoms with van der Waals surface area (Å²) in [5, 5.41) is 0. The van der Waals surface area contributed by atoms with Gasteiger partial charge in [-0.3, -0.25) is 14.5 Å². The van der Waals surface area contributed by atoms with Gasteiger partial charge in [0.25, 0.3) is 15.9 Å². The molecule has 1 aromatic heterocycles. The molecule has 160 valence electrons. The van der Waals surface area contributed by atoms with E-state index in [-0.39, 0.29) is 22.2 Å². The van der Waals surface area contributed by atoms with Crippen LogP contribution in [0.5, 0.6) is 0 Å². The average Bonchev–Trinajstić information content (AvgIpc) is 2.79. The minimum Gasteiger partial charge on any atom is -0.368 e. The number of sulfonamides is 1. The number of aromatic nitrogens is 1.